The van der Waals surface area contributed by atoms with Crippen molar-refractivity contribution in [2.45, 2.75) is 26.9 Å². The second-order valence-corrected chi connectivity index (χ2v) is 6.69. The largest absolute Gasteiger partial charge is 0.375 e. The zero-order chi connectivity index (χ0) is 15.3. The van der Waals surface area contributed by atoms with Gasteiger partial charge in [-0.05, 0) is 56.9 Å². The van der Waals surface area contributed by atoms with Gasteiger partial charge in [0.15, 0.2) is 0 Å². The molecule has 110 valence electrons. The SMILES string of the molecule is CO[C@@H](C)c1ncc(C#CC(C)(C)CN(C)C)cc1Br. The van der Waals surface area contributed by atoms with Crippen LogP contribution in [0.25, 0.3) is 0 Å². The van der Waals surface area contributed by atoms with E-state index in [1.807, 2.05) is 13.0 Å². The van der Waals surface area contributed by atoms with E-state index in [0.717, 1.165) is 22.3 Å². The van der Waals surface area contributed by atoms with Crippen LogP contribution in [-0.4, -0.2) is 37.6 Å². The molecule has 20 heavy (non-hydrogen) atoms. The Morgan fingerprint density at radius 2 is 2.10 bits per heavy atom. The number of aromatic nitrogens is 1. The molecule has 0 bridgehead atoms. The Labute approximate surface area is 130 Å². The van der Waals surface area contributed by atoms with E-state index in [1.165, 1.54) is 0 Å². The molecule has 0 saturated heterocycles. The third kappa shape index (κ3) is 5.24. The molecule has 3 nitrogen and oxygen atoms in total. The first kappa shape index (κ1) is 17.2. The summed E-state index contributed by atoms with van der Waals surface area (Å²) in [7, 11) is 5.79. The van der Waals surface area contributed by atoms with Gasteiger partial charge in [0.1, 0.15) is 0 Å². The van der Waals surface area contributed by atoms with Crippen molar-refractivity contribution in [3.63, 3.8) is 0 Å². The van der Waals surface area contributed by atoms with Crippen LogP contribution in [-0.2, 0) is 4.74 Å². The summed E-state index contributed by atoms with van der Waals surface area (Å²) >= 11 is 3.53. The van der Waals surface area contributed by atoms with E-state index < -0.39 is 0 Å². The van der Waals surface area contributed by atoms with E-state index in [2.05, 4.69) is 65.6 Å². The molecule has 1 heterocycles. The van der Waals surface area contributed by atoms with Gasteiger partial charge in [0.05, 0.1) is 11.8 Å². The highest BCUT2D eigenvalue weighted by Crippen LogP contribution is 2.24. The van der Waals surface area contributed by atoms with Crippen LogP contribution in [0.15, 0.2) is 16.7 Å². The number of halogens is 1. The van der Waals surface area contributed by atoms with Gasteiger partial charge in [0.2, 0.25) is 0 Å². The van der Waals surface area contributed by atoms with E-state index in [1.54, 1.807) is 13.3 Å². The van der Waals surface area contributed by atoms with Crippen LogP contribution in [0.4, 0.5) is 0 Å². The molecule has 0 spiro atoms. The molecule has 0 aliphatic carbocycles. The molecule has 1 aromatic rings. The minimum absolute atomic E-state index is 0.0310. The molecule has 0 unspecified atom stereocenters. The van der Waals surface area contributed by atoms with Crippen molar-refractivity contribution in [1.82, 2.24) is 9.88 Å². The van der Waals surface area contributed by atoms with Crippen molar-refractivity contribution in [3.05, 3.63) is 28.0 Å². The van der Waals surface area contributed by atoms with Crippen molar-refractivity contribution in [2.75, 3.05) is 27.7 Å². The Balaban J connectivity index is 2.93. The zero-order valence-electron chi connectivity index (χ0n) is 13.1. The molecule has 0 aromatic carbocycles. The number of ether oxygens (including phenoxy) is 1. The van der Waals surface area contributed by atoms with Crippen LogP contribution >= 0.6 is 15.9 Å². The molecule has 1 aromatic heterocycles. The third-order valence-electron chi connectivity index (χ3n) is 2.86. The maximum absolute atomic E-state index is 5.28. The molecule has 4 heteroatoms. The van der Waals surface area contributed by atoms with Gasteiger partial charge in [-0.3, -0.25) is 4.98 Å². The molecule has 0 saturated carbocycles. The van der Waals surface area contributed by atoms with E-state index in [0.29, 0.717) is 0 Å². The van der Waals surface area contributed by atoms with Crippen LogP contribution in [0.3, 0.4) is 0 Å². The number of hydrogen-bond donors (Lipinski definition) is 0. The highest BCUT2D eigenvalue weighted by Gasteiger charge is 2.15. The van der Waals surface area contributed by atoms with Crippen LogP contribution in [0.5, 0.6) is 0 Å². The van der Waals surface area contributed by atoms with Gasteiger partial charge in [0, 0.05) is 35.3 Å². The first-order chi connectivity index (χ1) is 9.25. The normalized spacial score (nSPS) is 13.0. The van der Waals surface area contributed by atoms with Crippen LogP contribution in [0.1, 0.15) is 38.1 Å². The number of pyridine rings is 1. The standard InChI is InChI=1S/C16H23BrN2O/c1-12(20-6)15-14(17)9-13(10-18-15)7-8-16(2,3)11-19(4)5/h9-10,12H,11H2,1-6H3/t12-/m0/s1. The molecule has 0 aliphatic heterocycles. The quantitative estimate of drug-likeness (QED) is 0.785. The summed E-state index contributed by atoms with van der Waals surface area (Å²) in [6.07, 6.45) is 1.77. The first-order valence-corrected chi connectivity index (χ1v) is 7.40. The van der Waals surface area contributed by atoms with Crippen LogP contribution in [0.2, 0.25) is 0 Å². The van der Waals surface area contributed by atoms with E-state index >= 15 is 0 Å². The maximum atomic E-state index is 5.28. The van der Waals surface area contributed by atoms with Crippen molar-refractivity contribution >= 4 is 15.9 Å². The van der Waals surface area contributed by atoms with Gasteiger partial charge in [0.25, 0.3) is 0 Å². The lowest BCUT2D eigenvalue weighted by atomic mass is 9.93. The highest BCUT2D eigenvalue weighted by atomic mass is 79.9. The average molecular weight is 339 g/mol. The second kappa shape index (κ2) is 7.21. The average Bonchev–Trinajstić information content (AvgIpc) is 2.34. The Bertz CT molecular complexity index is 515. The van der Waals surface area contributed by atoms with Gasteiger partial charge in [-0.1, -0.05) is 11.8 Å². The Hall–Kier alpha value is -0.890. The Morgan fingerprint density at radius 1 is 1.45 bits per heavy atom. The maximum Gasteiger partial charge on any atom is 0.0974 e. The van der Waals surface area contributed by atoms with Gasteiger partial charge >= 0.3 is 0 Å². The summed E-state index contributed by atoms with van der Waals surface area (Å²) in [6.45, 7) is 7.18. The highest BCUT2D eigenvalue weighted by molar-refractivity contribution is 9.10. The van der Waals surface area contributed by atoms with Crippen molar-refractivity contribution in [1.29, 1.82) is 0 Å². The second-order valence-electron chi connectivity index (χ2n) is 5.84. The zero-order valence-corrected chi connectivity index (χ0v) is 14.7. The molecular weight excluding hydrogens is 316 g/mol. The molecule has 0 fully saturated rings. The lowest BCUT2D eigenvalue weighted by Crippen LogP contribution is -2.27. The summed E-state index contributed by atoms with van der Waals surface area (Å²) in [6, 6.07) is 2.00. The van der Waals surface area contributed by atoms with Crippen molar-refractivity contribution in [3.8, 4) is 11.8 Å². The van der Waals surface area contributed by atoms with Gasteiger partial charge in [-0.25, -0.2) is 0 Å². The van der Waals surface area contributed by atoms with Gasteiger partial charge in [-0.2, -0.15) is 0 Å². The fourth-order valence-corrected chi connectivity index (χ4v) is 2.67. The smallest absolute Gasteiger partial charge is 0.0974 e. The summed E-state index contributed by atoms with van der Waals surface area (Å²) in [5.41, 5.74) is 1.76. The molecule has 1 rings (SSSR count). The summed E-state index contributed by atoms with van der Waals surface area (Å²) in [5.74, 6) is 6.52. The number of rotatable bonds is 4. The van der Waals surface area contributed by atoms with Gasteiger partial charge < -0.3 is 9.64 Å². The van der Waals surface area contributed by atoms with Crippen molar-refractivity contribution < 1.29 is 4.74 Å². The topological polar surface area (TPSA) is 25.4 Å². The molecule has 0 aliphatic rings. The van der Waals surface area contributed by atoms with Crippen LogP contribution < -0.4 is 0 Å². The molecule has 0 radical (unpaired) electrons. The predicted octanol–water partition coefficient (Wildman–Crippen LogP) is 3.49. The fourth-order valence-electron chi connectivity index (χ4n) is 2.00. The number of hydrogen-bond acceptors (Lipinski definition) is 3. The molecule has 0 amide bonds. The van der Waals surface area contributed by atoms with Crippen LogP contribution in [0, 0.1) is 17.3 Å². The first-order valence-electron chi connectivity index (χ1n) is 6.61. The molecule has 0 N–H and O–H groups in total. The Kier molecular flexibility index (Phi) is 6.19. The lowest BCUT2D eigenvalue weighted by Gasteiger charge is -2.22. The fraction of sp³-hybridized carbons (Fsp3) is 0.562. The van der Waals surface area contributed by atoms with Gasteiger partial charge in [-0.15, -0.1) is 0 Å². The monoisotopic (exact) mass is 338 g/mol. The van der Waals surface area contributed by atoms with E-state index in [-0.39, 0.29) is 11.5 Å². The third-order valence-corrected chi connectivity index (χ3v) is 3.50. The van der Waals surface area contributed by atoms with E-state index in [4.69, 9.17) is 4.74 Å². The van der Waals surface area contributed by atoms with Crippen molar-refractivity contribution in [2.24, 2.45) is 5.41 Å². The summed E-state index contributed by atoms with van der Waals surface area (Å²) < 4.78 is 6.22. The summed E-state index contributed by atoms with van der Waals surface area (Å²) in [5, 5.41) is 0. The minimum atomic E-state index is -0.0472. The number of methoxy groups -OCH3 is 1. The Morgan fingerprint density at radius 3 is 2.60 bits per heavy atom. The molecule has 1 atom stereocenters. The van der Waals surface area contributed by atoms with E-state index in [9.17, 15) is 0 Å². The summed E-state index contributed by atoms with van der Waals surface area (Å²) in [4.78, 5) is 6.57. The lowest BCUT2D eigenvalue weighted by molar-refractivity contribution is 0.115. The number of nitrogens with zero attached hydrogens (tertiary/aromatic N) is 2. The minimum Gasteiger partial charge on any atom is -0.375 e. The molecular formula is C16H23BrN2O. The predicted molar refractivity (Wildman–Crippen MR) is 86.6 cm³/mol.